The number of ketones is 1. The molecule has 0 radical (unpaired) electrons. The van der Waals surface area contributed by atoms with Crippen LogP contribution in [0.25, 0.3) is 27.6 Å². The Labute approximate surface area is 181 Å². The molecule has 0 atom stereocenters. The molecule has 0 N–H and O–H groups in total. The molecule has 29 heavy (non-hydrogen) atoms. The summed E-state index contributed by atoms with van der Waals surface area (Å²) in [5.74, 6) is 0.0409. The first kappa shape index (κ1) is 20.5. The van der Waals surface area contributed by atoms with Gasteiger partial charge in [-0.15, -0.1) is 23.8 Å². The first-order chi connectivity index (χ1) is 13.8. The van der Waals surface area contributed by atoms with Crippen molar-refractivity contribution in [2.45, 2.75) is 0 Å². The van der Waals surface area contributed by atoms with Gasteiger partial charge in [0.1, 0.15) is 5.78 Å². The van der Waals surface area contributed by atoms with Gasteiger partial charge in [0.15, 0.2) is 0 Å². The van der Waals surface area contributed by atoms with E-state index in [2.05, 4.69) is 18.2 Å². The molecule has 0 spiro atoms. The Balaban J connectivity index is 0.000000352. The van der Waals surface area contributed by atoms with E-state index in [0.717, 1.165) is 32.7 Å². The molecule has 0 fully saturated rings. The third kappa shape index (κ3) is 4.81. The summed E-state index contributed by atoms with van der Waals surface area (Å²) in [6.07, 6.45) is 3.54. The molecule has 0 saturated heterocycles. The Morgan fingerprint density at radius 1 is 0.759 bits per heavy atom. The number of rotatable bonds is 3. The number of hydrogen-bond acceptors (Lipinski definition) is 1. The molecule has 5 rings (SSSR count). The predicted octanol–water partition coefficient (Wildman–Crippen LogP) is 7.01. The van der Waals surface area contributed by atoms with E-state index in [1.807, 2.05) is 97.1 Å². The molecule has 0 bridgehead atoms. The smallest absolute Gasteiger partial charge is 0.147 e. The van der Waals surface area contributed by atoms with Crippen molar-refractivity contribution in [1.29, 1.82) is 0 Å². The molecule has 0 saturated carbocycles. The monoisotopic (exact) mass is 416 g/mol. The Kier molecular flexibility index (Phi) is 6.97. The van der Waals surface area contributed by atoms with Crippen LogP contribution in [-0.4, -0.2) is 5.78 Å². The maximum Gasteiger partial charge on any atom is 0.147 e. The topological polar surface area (TPSA) is 17.1 Å². The number of fused-ring (bicyclic) bond motifs is 2. The van der Waals surface area contributed by atoms with Crippen LogP contribution in [-0.2, 0) is 17.1 Å². The Morgan fingerprint density at radius 2 is 1.31 bits per heavy atom. The van der Waals surface area contributed by atoms with Crippen molar-refractivity contribution in [1.82, 2.24) is 0 Å². The number of allylic oxidation sites excluding steroid dienone is 1. The minimum Gasteiger partial charge on any atom is -0.300 e. The van der Waals surface area contributed by atoms with E-state index in [0.29, 0.717) is 0 Å². The molecule has 5 aromatic rings. The molecule has 0 unspecified atom stereocenters. The Bertz CT molecular complexity index is 1140. The van der Waals surface area contributed by atoms with E-state index in [4.69, 9.17) is 0 Å². The SMILES string of the molecule is O=C(C=C[c-]1cccc1)c1c2ccccc2cc2ccccc12.[Fe].c1cc[cH-]c1. The second kappa shape index (κ2) is 9.84. The fourth-order valence-electron chi connectivity index (χ4n) is 3.36. The summed E-state index contributed by atoms with van der Waals surface area (Å²) in [5.41, 5.74) is 1.82. The van der Waals surface area contributed by atoms with Gasteiger partial charge in [-0.25, -0.2) is 12.1 Å². The molecule has 5 aromatic carbocycles. The molecule has 0 amide bonds. The van der Waals surface area contributed by atoms with Crippen LogP contribution in [0.2, 0.25) is 0 Å². The fourth-order valence-corrected chi connectivity index (χ4v) is 3.36. The minimum atomic E-state index is 0. The van der Waals surface area contributed by atoms with Crippen LogP contribution in [0.4, 0.5) is 0 Å². The molecule has 0 aliphatic heterocycles. The van der Waals surface area contributed by atoms with Crippen LogP contribution in [0.5, 0.6) is 0 Å². The van der Waals surface area contributed by atoms with E-state index in [1.165, 1.54) is 0 Å². The van der Waals surface area contributed by atoms with Gasteiger partial charge in [-0.05, 0) is 27.6 Å². The van der Waals surface area contributed by atoms with Gasteiger partial charge in [-0.3, -0.25) is 0 Å². The van der Waals surface area contributed by atoms with Crippen molar-refractivity contribution in [3.63, 3.8) is 0 Å². The van der Waals surface area contributed by atoms with Gasteiger partial charge in [-0.2, -0.15) is 30.3 Å². The zero-order valence-corrected chi connectivity index (χ0v) is 16.9. The third-order valence-electron chi connectivity index (χ3n) is 4.69. The van der Waals surface area contributed by atoms with Gasteiger partial charge in [0, 0.05) is 22.6 Å². The van der Waals surface area contributed by atoms with Crippen LogP contribution >= 0.6 is 0 Å². The summed E-state index contributed by atoms with van der Waals surface area (Å²) in [4.78, 5) is 12.9. The molecule has 0 heterocycles. The van der Waals surface area contributed by atoms with E-state index in [9.17, 15) is 4.79 Å². The summed E-state index contributed by atoms with van der Waals surface area (Å²) < 4.78 is 0. The van der Waals surface area contributed by atoms with Crippen molar-refractivity contribution in [2.75, 3.05) is 0 Å². The van der Waals surface area contributed by atoms with Crippen LogP contribution < -0.4 is 0 Å². The number of carbonyl (C=O) groups is 1. The number of hydrogen-bond donors (Lipinski definition) is 0. The maximum absolute atomic E-state index is 12.9. The van der Waals surface area contributed by atoms with Gasteiger partial charge in [0.2, 0.25) is 0 Å². The average Bonchev–Trinajstić information content (AvgIpc) is 3.47. The predicted molar refractivity (Wildman–Crippen MR) is 119 cm³/mol. The maximum atomic E-state index is 12.9. The number of benzene rings is 3. The van der Waals surface area contributed by atoms with Gasteiger partial charge < -0.3 is 4.79 Å². The largest absolute Gasteiger partial charge is 0.300 e. The second-order valence-corrected chi connectivity index (χ2v) is 6.57. The summed E-state index contributed by atoms with van der Waals surface area (Å²) >= 11 is 0. The summed E-state index contributed by atoms with van der Waals surface area (Å²) in [7, 11) is 0. The van der Waals surface area contributed by atoms with Crippen LogP contribution in [0.3, 0.4) is 0 Å². The van der Waals surface area contributed by atoms with Crippen molar-refractivity contribution >= 4 is 33.4 Å². The normalized spacial score (nSPS) is 10.5. The molecule has 0 aromatic heterocycles. The van der Waals surface area contributed by atoms with E-state index < -0.39 is 0 Å². The summed E-state index contributed by atoms with van der Waals surface area (Å²) in [6, 6.07) is 36.2. The summed E-state index contributed by atoms with van der Waals surface area (Å²) in [6.45, 7) is 0. The van der Waals surface area contributed by atoms with Crippen molar-refractivity contribution in [3.05, 3.63) is 126 Å². The van der Waals surface area contributed by atoms with Crippen molar-refractivity contribution < 1.29 is 21.9 Å². The van der Waals surface area contributed by atoms with Crippen LogP contribution in [0.1, 0.15) is 15.9 Å². The quantitative estimate of drug-likeness (QED) is 0.102. The molecular formula is C27H20FeO-2. The van der Waals surface area contributed by atoms with Crippen molar-refractivity contribution in [3.8, 4) is 0 Å². The molecular weight excluding hydrogens is 396 g/mol. The van der Waals surface area contributed by atoms with E-state index >= 15 is 0 Å². The minimum absolute atomic E-state index is 0. The van der Waals surface area contributed by atoms with Gasteiger partial charge in [0.25, 0.3) is 0 Å². The van der Waals surface area contributed by atoms with Gasteiger partial charge >= 0.3 is 0 Å². The third-order valence-corrected chi connectivity index (χ3v) is 4.69. The van der Waals surface area contributed by atoms with Crippen LogP contribution in [0.15, 0.2) is 115 Å². The van der Waals surface area contributed by atoms with E-state index in [1.54, 1.807) is 6.08 Å². The molecule has 144 valence electrons. The van der Waals surface area contributed by atoms with E-state index in [-0.39, 0.29) is 22.9 Å². The van der Waals surface area contributed by atoms with Gasteiger partial charge in [-0.1, -0.05) is 54.6 Å². The van der Waals surface area contributed by atoms with Gasteiger partial charge in [0.05, 0.1) is 0 Å². The molecule has 0 aliphatic carbocycles. The molecule has 1 nitrogen and oxygen atoms in total. The average molecular weight is 416 g/mol. The molecule has 0 aliphatic rings. The zero-order valence-electron chi connectivity index (χ0n) is 15.8. The fraction of sp³-hybridized carbons (Fsp3) is 0. The molecule has 2 heteroatoms. The Hall–Kier alpha value is -3.19. The van der Waals surface area contributed by atoms with Crippen LogP contribution in [0, 0.1) is 0 Å². The first-order valence-corrected chi connectivity index (χ1v) is 9.34. The number of carbonyl (C=O) groups excluding carboxylic acids is 1. The first-order valence-electron chi connectivity index (χ1n) is 9.34. The zero-order chi connectivity index (χ0) is 19.2. The standard InChI is InChI=1S/C22H15O.C5H5.Fe/c23-21(14-13-16-7-1-2-8-16)22-19-11-5-3-9-17(19)15-18-10-4-6-12-20(18)22;1-2-4-5-3-1;/h1-15H;1-5H;/q2*-1;. The second-order valence-electron chi connectivity index (χ2n) is 6.57. The summed E-state index contributed by atoms with van der Waals surface area (Å²) in [5, 5.41) is 4.19. The van der Waals surface area contributed by atoms with Crippen molar-refractivity contribution in [2.24, 2.45) is 0 Å². The Morgan fingerprint density at radius 3 is 1.83 bits per heavy atom.